The molecule has 3 heterocycles. The SMILES string of the molecule is Cc1c(C(=O)O)c(C)n(C(CC(N)=O)N(C)C)c1C=C1C(=O)Nc2cc(Nc3cccc(NC(=O)c4cc(N5CCN(C)CC5)cc(C(F)(F)F)c4)c3)ccc21. The Balaban J connectivity index is 1.25. The highest BCUT2D eigenvalue weighted by molar-refractivity contribution is 6.35. The first-order valence-corrected chi connectivity index (χ1v) is 17.8. The molecule has 2 aliphatic rings. The zero-order valence-corrected chi connectivity index (χ0v) is 31.5. The fourth-order valence-corrected chi connectivity index (χ4v) is 7.19. The van der Waals surface area contributed by atoms with Crippen molar-refractivity contribution in [3.05, 3.63) is 99.9 Å². The lowest BCUT2D eigenvalue weighted by atomic mass is 10.0. The average molecular weight is 773 g/mol. The summed E-state index contributed by atoms with van der Waals surface area (Å²) in [6.45, 7) is 5.74. The van der Waals surface area contributed by atoms with Crippen LogP contribution in [0, 0.1) is 13.8 Å². The molecule has 1 unspecified atom stereocenters. The Labute approximate surface area is 321 Å². The number of primary amides is 1. The minimum absolute atomic E-state index is 0.0648. The molecule has 2 aliphatic heterocycles. The molecular formula is C40H43F3N8O5. The number of anilines is 5. The van der Waals surface area contributed by atoms with Gasteiger partial charge in [0.15, 0.2) is 0 Å². The second-order valence-corrected chi connectivity index (χ2v) is 14.2. The number of likely N-dealkylation sites (N-methyl/N-ethyl adjacent to an activating group) is 1. The fourth-order valence-electron chi connectivity index (χ4n) is 7.19. The van der Waals surface area contributed by atoms with Gasteiger partial charge in [-0.25, -0.2) is 4.79 Å². The molecule has 3 aromatic carbocycles. The number of aromatic carboxylic acids is 1. The monoisotopic (exact) mass is 772 g/mol. The van der Waals surface area contributed by atoms with Crippen LogP contribution in [0.4, 0.5) is 41.6 Å². The molecule has 1 atom stereocenters. The number of fused-ring (bicyclic) bond motifs is 1. The summed E-state index contributed by atoms with van der Waals surface area (Å²) < 4.78 is 43.4. The molecule has 0 bridgehead atoms. The number of amides is 3. The van der Waals surface area contributed by atoms with Gasteiger partial charge in [-0.2, -0.15) is 13.2 Å². The summed E-state index contributed by atoms with van der Waals surface area (Å²) in [5.74, 6) is -2.82. The van der Waals surface area contributed by atoms with Gasteiger partial charge in [0.2, 0.25) is 5.91 Å². The standard InChI is InChI=1S/C40H43F3N8O5/c1-22-33(51(23(2)36(22)39(55)56)35(48(3)4)21-34(44)52)20-31-30-10-9-28(19-32(30)47-38(31)54)45-26-7-6-8-27(18-26)46-37(53)24-15-25(40(41,42)43)17-29(16-24)50-13-11-49(5)12-14-50/h6-10,15-20,35,45H,11-14,21H2,1-5H3,(H2,44,52)(H,46,53)(H,47,54)(H,55,56). The predicted octanol–water partition coefficient (Wildman–Crippen LogP) is 6.00. The minimum atomic E-state index is -4.64. The van der Waals surface area contributed by atoms with E-state index in [1.54, 1.807) is 86.0 Å². The molecule has 6 rings (SSSR count). The number of carboxylic acids is 1. The number of halogens is 3. The second-order valence-electron chi connectivity index (χ2n) is 14.2. The highest BCUT2D eigenvalue weighted by atomic mass is 19.4. The number of hydrogen-bond donors (Lipinski definition) is 5. The van der Waals surface area contributed by atoms with Gasteiger partial charge in [-0.05, 0) is 95.2 Å². The van der Waals surface area contributed by atoms with Gasteiger partial charge < -0.3 is 41.2 Å². The zero-order valence-electron chi connectivity index (χ0n) is 31.5. The van der Waals surface area contributed by atoms with E-state index >= 15 is 0 Å². The first-order valence-electron chi connectivity index (χ1n) is 17.8. The molecule has 0 aliphatic carbocycles. The topological polar surface area (TPSA) is 165 Å². The van der Waals surface area contributed by atoms with E-state index in [9.17, 15) is 37.5 Å². The van der Waals surface area contributed by atoms with E-state index in [2.05, 4.69) is 20.9 Å². The summed E-state index contributed by atoms with van der Waals surface area (Å²) in [6, 6.07) is 15.3. The van der Waals surface area contributed by atoms with Gasteiger partial charge in [0, 0.05) is 71.4 Å². The number of nitrogens with zero attached hydrogens (tertiary/aromatic N) is 4. The number of nitrogens with two attached hydrogens (primary N) is 1. The number of hydrogen-bond acceptors (Lipinski definition) is 8. The number of carbonyl (C=O) groups is 4. The minimum Gasteiger partial charge on any atom is -0.478 e. The Morgan fingerprint density at radius 1 is 0.982 bits per heavy atom. The van der Waals surface area contributed by atoms with Crippen LogP contribution in [0.1, 0.15) is 61.4 Å². The Morgan fingerprint density at radius 3 is 2.30 bits per heavy atom. The van der Waals surface area contributed by atoms with Crippen molar-refractivity contribution in [1.82, 2.24) is 14.4 Å². The summed E-state index contributed by atoms with van der Waals surface area (Å²) in [5, 5.41) is 18.9. The average Bonchev–Trinajstić information content (AvgIpc) is 3.56. The van der Waals surface area contributed by atoms with E-state index in [1.165, 1.54) is 6.07 Å². The Hall–Kier alpha value is -6.13. The third-order valence-corrected chi connectivity index (χ3v) is 10.1. The highest BCUT2D eigenvalue weighted by Crippen LogP contribution is 2.39. The lowest BCUT2D eigenvalue weighted by molar-refractivity contribution is -0.137. The highest BCUT2D eigenvalue weighted by Gasteiger charge is 2.33. The van der Waals surface area contributed by atoms with Crippen molar-refractivity contribution in [2.75, 3.05) is 68.2 Å². The van der Waals surface area contributed by atoms with Gasteiger partial charge >= 0.3 is 12.1 Å². The summed E-state index contributed by atoms with van der Waals surface area (Å²) in [5.41, 5.74) is 9.04. The number of alkyl halides is 3. The summed E-state index contributed by atoms with van der Waals surface area (Å²) in [6.07, 6.45) is -3.73. The van der Waals surface area contributed by atoms with Crippen molar-refractivity contribution in [2.45, 2.75) is 32.6 Å². The van der Waals surface area contributed by atoms with E-state index in [4.69, 9.17) is 5.73 Å². The second kappa shape index (κ2) is 15.5. The molecule has 4 aromatic rings. The molecule has 56 heavy (non-hydrogen) atoms. The van der Waals surface area contributed by atoms with Crippen LogP contribution in [0.3, 0.4) is 0 Å². The summed E-state index contributed by atoms with van der Waals surface area (Å²) >= 11 is 0. The lowest BCUT2D eigenvalue weighted by Gasteiger charge is -2.34. The van der Waals surface area contributed by atoms with Crippen molar-refractivity contribution >= 4 is 63.8 Å². The molecule has 1 saturated heterocycles. The van der Waals surface area contributed by atoms with Crippen LogP contribution in [-0.4, -0.2) is 90.5 Å². The van der Waals surface area contributed by atoms with Gasteiger partial charge in [-0.3, -0.25) is 19.3 Å². The van der Waals surface area contributed by atoms with E-state index in [-0.39, 0.29) is 23.1 Å². The van der Waals surface area contributed by atoms with Crippen LogP contribution < -0.4 is 26.6 Å². The number of benzene rings is 3. The van der Waals surface area contributed by atoms with Crippen LogP contribution in [0.2, 0.25) is 0 Å². The van der Waals surface area contributed by atoms with Crippen LogP contribution >= 0.6 is 0 Å². The number of rotatable bonds is 11. The first-order chi connectivity index (χ1) is 26.4. The van der Waals surface area contributed by atoms with Crippen LogP contribution in [0.15, 0.2) is 60.7 Å². The number of aromatic nitrogens is 1. The molecule has 0 saturated carbocycles. The molecule has 3 amide bonds. The molecule has 6 N–H and O–H groups in total. The fraction of sp³-hybridized carbons (Fsp3) is 0.300. The van der Waals surface area contributed by atoms with E-state index < -0.39 is 41.6 Å². The largest absolute Gasteiger partial charge is 0.478 e. The van der Waals surface area contributed by atoms with Crippen LogP contribution in [-0.2, 0) is 15.8 Å². The van der Waals surface area contributed by atoms with Gasteiger partial charge in [0.1, 0.15) is 0 Å². The van der Waals surface area contributed by atoms with Crippen LogP contribution in [0.25, 0.3) is 11.6 Å². The molecule has 1 aromatic heterocycles. The first kappa shape index (κ1) is 39.6. The van der Waals surface area contributed by atoms with Gasteiger partial charge in [-0.1, -0.05) is 12.1 Å². The number of carbonyl (C=O) groups excluding carboxylic acids is 3. The molecule has 1 fully saturated rings. The zero-order chi connectivity index (χ0) is 40.6. The number of carboxylic acid groups (broad SMARTS) is 1. The van der Waals surface area contributed by atoms with E-state index in [0.717, 1.165) is 12.1 Å². The van der Waals surface area contributed by atoms with Crippen LogP contribution in [0.5, 0.6) is 0 Å². The maximum atomic E-state index is 13.9. The Bertz CT molecular complexity index is 2260. The van der Waals surface area contributed by atoms with Gasteiger partial charge in [0.05, 0.1) is 35.0 Å². The molecule has 0 radical (unpaired) electrons. The lowest BCUT2D eigenvalue weighted by Crippen LogP contribution is -2.44. The smallest absolute Gasteiger partial charge is 0.416 e. The molecular weight excluding hydrogens is 729 g/mol. The molecule has 294 valence electrons. The van der Waals surface area contributed by atoms with Gasteiger partial charge in [-0.15, -0.1) is 0 Å². The predicted molar refractivity (Wildman–Crippen MR) is 209 cm³/mol. The molecule has 0 spiro atoms. The van der Waals surface area contributed by atoms with Crippen molar-refractivity contribution in [3.63, 3.8) is 0 Å². The van der Waals surface area contributed by atoms with Crippen molar-refractivity contribution in [2.24, 2.45) is 5.73 Å². The summed E-state index contributed by atoms with van der Waals surface area (Å²) in [7, 11) is 5.44. The normalized spacial score (nSPS) is 15.8. The Morgan fingerprint density at radius 2 is 1.66 bits per heavy atom. The van der Waals surface area contributed by atoms with Crippen molar-refractivity contribution in [1.29, 1.82) is 0 Å². The molecule has 13 nitrogen and oxygen atoms in total. The van der Waals surface area contributed by atoms with Crippen molar-refractivity contribution in [3.8, 4) is 0 Å². The van der Waals surface area contributed by atoms with E-state index in [1.807, 2.05) is 11.9 Å². The number of piperazine rings is 1. The summed E-state index contributed by atoms with van der Waals surface area (Å²) in [4.78, 5) is 56.7. The van der Waals surface area contributed by atoms with E-state index in [0.29, 0.717) is 77.1 Å². The third kappa shape index (κ3) is 8.25. The molecule has 16 heteroatoms. The maximum Gasteiger partial charge on any atom is 0.416 e. The number of nitrogens with one attached hydrogen (secondary N) is 3. The van der Waals surface area contributed by atoms with Crippen molar-refractivity contribution < 1.29 is 37.5 Å². The quantitative estimate of drug-likeness (QED) is 0.115. The van der Waals surface area contributed by atoms with Gasteiger partial charge in [0.25, 0.3) is 11.8 Å². The Kier molecular flexibility index (Phi) is 11.0. The maximum absolute atomic E-state index is 13.9. The third-order valence-electron chi connectivity index (χ3n) is 10.1.